The molecule has 1 fully saturated rings. The van der Waals surface area contributed by atoms with Crippen molar-refractivity contribution in [1.29, 1.82) is 0 Å². The molecule has 0 atom stereocenters. The van der Waals surface area contributed by atoms with E-state index in [1.165, 1.54) is 30.9 Å². The summed E-state index contributed by atoms with van der Waals surface area (Å²) in [5.74, 6) is -1.65. The van der Waals surface area contributed by atoms with Gasteiger partial charge in [0.05, 0.1) is 28.6 Å². The molecular formula is C23H18F2N6O2S. The maximum atomic E-state index is 13.7. The number of urea groups is 1. The Labute approximate surface area is 197 Å². The molecule has 2 amide bonds. The van der Waals surface area contributed by atoms with Crippen LogP contribution in [0.1, 0.15) is 6.42 Å². The molecule has 3 heterocycles. The first-order valence-electron chi connectivity index (χ1n) is 10.4. The number of rotatable bonds is 6. The van der Waals surface area contributed by atoms with Crippen LogP contribution in [-0.2, 0) is 0 Å². The first kappa shape index (κ1) is 21.7. The van der Waals surface area contributed by atoms with E-state index in [2.05, 4.69) is 30.5 Å². The van der Waals surface area contributed by atoms with Gasteiger partial charge in [-0.15, -0.1) is 0 Å². The molecule has 0 saturated carbocycles. The molecule has 0 bridgehead atoms. The van der Waals surface area contributed by atoms with E-state index in [1.807, 2.05) is 30.5 Å². The Morgan fingerprint density at radius 1 is 0.971 bits per heavy atom. The molecular weight excluding hydrogens is 462 g/mol. The Balaban J connectivity index is 1.17. The molecule has 8 nitrogen and oxygen atoms in total. The third-order valence-corrected chi connectivity index (χ3v) is 6.16. The van der Waals surface area contributed by atoms with Crippen molar-refractivity contribution in [3.63, 3.8) is 0 Å². The molecule has 2 aromatic heterocycles. The topological polar surface area (TPSA) is 92.3 Å². The van der Waals surface area contributed by atoms with E-state index in [1.54, 1.807) is 11.3 Å². The standard InChI is InChI=1S/C23H18F2N6O2S/c24-17-3-1-4-18(20(17)25)30-21(32)29-15-11-26-22(27-12-15)33-16-7-5-14(6-8-16)19-13-28-23(34-19)31-9-2-10-31/h1,3-8,11-13H,2,9-10H2,(H2,29,30,32). The van der Waals surface area contributed by atoms with E-state index in [0.29, 0.717) is 5.75 Å². The number of ether oxygens (including phenoxy) is 1. The second-order valence-corrected chi connectivity index (χ2v) is 8.42. The van der Waals surface area contributed by atoms with Crippen LogP contribution >= 0.6 is 11.3 Å². The lowest BCUT2D eigenvalue weighted by Gasteiger charge is -2.30. The number of halogens is 2. The van der Waals surface area contributed by atoms with Crippen molar-refractivity contribution in [2.45, 2.75) is 6.42 Å². The zero-order valence-electron chi connectivity index (χ0n) is 17.7. The minimum Gasteiger partial charge on any atom is -0.424 e. The molecule has 2 aromatic carbocycles. The van der Waals surface area contributed by atoms with Crippen LogP contribution in [0.3, 0.4) is 0 Å². The van der Waals surface area contributed by atoms with Crippen LogP contribution in [0, 0.1) is 11.6 Å². The quantitative estimate of drug-likeness (QED) is 0.377. The van der Waals surface area contributed by atoms with Gasteiger partial charge in [0, 0.05) is 19.3 Å². The molecule has 1 aliphatic heterocycles. The number of anilines is 3. The summed E-state index contributed by atoms with van der Waals surface area (Å²) < 4.78 is 32.6. The van der Waals surface area contributed by atoms with Gasteiger partial charge in [0.25, 0.3) is 0 Å². The van der Waals surface area contributed by atoms with Crippen LogP contribution in [0.15, 0.2) is 61.1 Å². The highest BCUT2D eigenvalue weighted by atomic mass is 32.1. The van der Waals surface area contributed by atoms with Crippen LogP contribution in [0.5, 0.6) is 11.8 Å². The number of hydrogen-bond acceptors (Lipinski definition) is 7. The predicted octanol–water partition coefficient (Wildman–Crippen LogP) is 5.52. The minimum atomic E-state index is -1.14. The van der Waals surface area contributed by atoms with Gasteiger partial charge in [-0.05, 0) is 48.4 Å². The second-order valence-electron chi connectivity index (χ2n) is 7.41. The smallest absolute Gasteiger partial charge is 0.323 e. The van der Waals surface area contributed by atoms with E-state index in [0.717, 1.165) is 34.7 Å². The Hall–Kier alpha value is -4.12. The van der Waals surface area contributed by atoms with Crippen molar-refractivity contribution in [1.82, 2.24) is 15.0 Å². The Morgan fingerprint density at radius 3 is 2.44 bits per heavy atom. The molecule has 0 aliphatic carbocycles. The van der Waals surface area contributed by atoms with Crippen molar-refractivity contribution in [3.8, 4) is 22.2 Å². The number of hydrogen-bond donors (Lipinski definition) is 2. The van der Waals surface area contributed by atoms with Gasteiger partial charge in [-0.3, -0.25) is 0 Å². The third kappa shape index (κ3) is 4.79. The van der Waals surface area contributed by atoms with Crippen molar-refractivity contribution >= 4 is 33.9 Å². The van der Waals surface area contributed by atoms with Crippen molar-refractivity contribution in [3.05, 3.63) is 72.7 Å². The monoisotopic (exact) mass is 480 g/mol. The number of nitrogens with zero attached hydrogens (tertiary/aromatic N) is 4. The molecule has 172 valence electrons. The number of carbonyl (C=O) groups is 1. The number of thiazole rings is 1. The first-order valence-corrected chi connectivity index (χ1v) is 11.2. The van der Waals surface area contributed by atoms with Gasteiger partial charge in [-0.1, -0.05) is 17.4 Å². The SMILES string of the molecule is O=C(Nc1cnc(Oc2ccc(-c3cnc(N4CCC4)s3)cc2)nc1)Nc1cccc(F)c1F. The van der Waals surface area contributed by atoms with E-state index in [9.17, 15) is 13.6 Å². The average Bonchev–Trinajstić information content (AvgIpc) is 3.27. The van der Waals surface area contributed by atoms with Crippen LogP contribution in [0.4, 0.5) is 30.1 Å². The van der Waals surface area contributed by atoms with Gasteiger partial charge in [0.15, 0.2) is 16.8 Å². The zero-order chi connectivity index (χ0) is 23.5. The first-order chi connectivity index (χ1) is 16.5. The lowest BCUT2D eigenvalue weighted by atomic mass is 10.2. The van der Waals surface area contributed by atoms with E-state index < -0.39 is 17.7 Å². The molecule has 11 heteroatoms. The number of amides is 2. The lowest BCUT2D eigenvalue weighted by molar-refractivity contribution is 0.262. The fraction of sp³-hybridized carbons (Fsp3) is 0.130. The van der Waals surface area contributed by atoms with Gasteiger partial charge in [0.1, 0.15) is 5.75 Å². The van der Waals surface area contributed by atoms with Crippen LogP contribution in [0.25, 0.3) is 10.4 Å². The predicted molar refractivity (Wildman–Crippen MR) is 125 cm³/mol. The molecule has 0 unspecified atom stereocenters. The number of benzene rings is 2. The Bertz CT molecular complexity index is 1310. The second kappa shape index (κ2) is 9.40. The summed E-state index contributed by atoms with van der Waals surface area (Å²) in [6.45, 7) is 2.12. The van der Waals surface area contributed by atoms with E-state index in [4.69, 9.17) is 4.74 Å². The molecule has 1 saturated heterocycles. The lowest BCUT2D eigenvalue weighted by Crippen LogP contribution is -2.36. The van der Waals surface area contributed by atoms with Crippen LogP contribution in [-0.4, -0.2) is 34.1 Å². The summed E-state index contributed by atoms with van der Waals surface area (Å²) in [6, 6.07) is 10.3. The summed E-state index contributed by atoms with van der Waals surface area (Å²) in [5, 5.41) is 5.71. The Kier molecular flexibility index (Phi) is 6.00. The summed E-state index contributed by atoms with van der Waals surface area (Å²) in [5.41, 5.74) is 1.01. The number of carbonyl (C=O) groups excluding carboxylic acids is 1. The van der Waals surface area contributed by atoms with Crippen LogP contribution < -0.4 is 20.3 Å². The fourth-order valence-corrected chi connectivity index (χ4v) is 4.14. The summed E-state index contributed by atoms with van der Waals surface area (Å²) in [4.78, 5) is 28.0. The highest BCUT2D eigenvalue weighted by molar-refractivity contribution is 7.18. The molecule has 4 aromatic rings. The third-order valence-electron chi connectivity index (χ3n) is 5.05. The maximum Gasteiger partial charge on any atom is 0.323 e. The average molecular weight is 481 g/mol. The zero-order valence-corrected chi connectivity index (χ0v) is 18.5. The molecule has 0 spiro atoms. The normalized spacial score (nSPS) is 12.7. The fourth-order valence-electron chi connectivity index (χ4n) is 3.16. The number of nitrogens with one attached hydrogen (secondary N) is 2. The Morgan fingerprint density at radius 2 is 1.74 bits per heavy atom. The number of aromatic nitrogens is 3. The van der Waals surface area contributed by atoms with Crippen LogP contribution in [0.2, 0.25) is 0 Å². The van der Waals surface area contributed by atoms with Gasteiger partial charge in [-0.2, -0.15) is 0 Å². The molecule has 2 N–H and O–H groups in total. The van der Waals surface area contributed by atoms with Gasteiger partial charge in [0.2, 0.25) is 0 Å². The van der Waals surface area contributed by atoms with Gasteiger partial charge in [-0.25, -0.2) is 28.5 Å². The summed E-state index contributed by atoms with van der Waals surface area (Å²) in [7, 11) is 0. The molecule has 1 aliphatic rings. The highest BCUT2D eigenvalue weighted by Gasteiger charge is 2.18. The minimum absolute atomic E-state index is 0.0905. The van der Waals surface area contributed by atoms with E-state index in [-0.39, 0.29) is 17.4 Å². The van der Waals surface area contributed by atoms with Crippen molar-refractivity contribution in [2.75, 3.05) is 28.6 Å². The molecule has 5 rings (SSSR count). The summed E-state index contributed by atoms with van der Waals surface area (Å²) >= 11 is 1.66. The molecule has 34 heavy (non-hydrogen) atoms. The maximum absolute atomic E-state index is 13.7. The van der Waals surface area contributed by atoms with Gasteiger partial charge < -0.3 is 20.3 Å². The highest BCUT2D eigenvalue weighted by Crippen LogP contribution is 2.34. The largest absolute Gasteiger partial charge is 0.424 e. The molecule has 0 radical (unpaired) electrons. The van der Waals surface area contributed by atoms with Crippen molar-refractivity contribution in [2.24, 2.45) is 0 Å². The van der Waals surface area contributed by atoms with E-state index >= 15 is 0 Å². The van der Waals surface area contributed by atoms with Gasteiger partial charge >= 0.3 is 12.0 Å². The summed E-state index contributed by atoms with van der Waals surface area (Å²) in [6.07, 6.45) is 5.77. The van der Waals surface area contributed by atoms with Crippen molar-refractivity contribution < 1.29 is 18.3 Å².